The maximum absolute atomic E-state index is 13.8. The van der Waals surface area contributed by atoms with Crippen LogP contribution in [0.5, 0.6) is 5.75 Å². The number of carbonyl (C=O) groups is 1. The zero-order valence-electron chi connectivity index (χ0n) is 16.3. The van der Waals surface area contributed by atoms with Crippen molar-refractivity contribution in [3.8, 4) is 5.75 Å². The molecule has 0 bridgehead atoms. The highest BCUT2D eigenvalue weighted by molar-refractivity contribution is 5.85. The number of amides is 1. The van der Waals surface area contributed by atoms with E-state index >= 15 is 0 Å². The molecular formula is C23H26FNO3. The average molecular weight is 383 g/mol. The third kappa shape index (κ3) is 3.39. The number of benzene rings is 2. The molecule has 1 amide bonds. The molecular weight excluding hydrogens is 357 g/mol. The predicted molar refractivity (Wildman–Crippen MR) is 105 cm³/mol. The molecule has 0 saturated heterocycles. The van der Waals surface area contributed by atoms with Gasteiger partial charge in [-0.25, -0.2) is 4.39 Å². The van der Waals surface area contributed by atoms with Crippen molar-refractivity contribution in [2.24, 2.45) is 5.92 Å². The Morgan fingerprint density at radius 3 is 2.79 bits per heavy atom. The van der Waals surface area contributed by atoms with Crippen molar-refractivity contribution >= 4 is 5.91 Å². The first-order valence-electron chi connectivity index (χ1n) is 9.88. The second-order valence-corrected chi connectivity index (χ2v) is 7.73. The minimum absolute atomic E-state index is 0.0213. The fraction of sp³-hybridized carbons (Fsp3) is 0.435. The quantitative estimate of drug-likeness (QED) is 0.788. The molecule has 4 nitrogen and oxygen atoms in total. The van der Waals surface area contributed by atoms with Gasteiger partial charge in [-0.05, 0) is 67.1 Å². The lowest BCUT2D eigenvalue weighted by atomic mass is 9.94. The molecule has 2 aromatic carbocycles. The highest BCUT2D eigenvalue weighted by Gasteiger charge is 2.61. The van der Waals surface area contributed by atoms with Gasteiger partial charge >= 0.3 is 0 Å². The monoisotopic (exact) mass is 383 g/mol. The van der Waals surface area contributed by atoms with E-state index in [-0.39, 0.29) is 29.1 Å². The molecule has 2 unspecified atom stereocenters. The summed E-state index contributed by atoms with van der Waals surface area (Å²) < 4.78 is 24.6. The Kier molecular flexibility index (Phi) is 5.11. The lowest BCUT2D eigenvalue weighted by Gasteiger charge is -2.20. The van der Waals surface area contributed by atoms with Gasteiger partial charge in [-0.2, -0.15) is 0 Å². The summed E-state index contributed by atoms with van der Waals surface area (Å²) in [5.74, 6) is 0.503. The Hall–Kier alpha value is -2.40. The fourth-order valence-corrected chi connectivity index (χ4v) is 4.57. The number of halogens is 1. The van der Waals surface area contributed by atoms with Crippen LogP contribution >= 0.6 is 0 Å². The zero-order chi connectivity index (χ0) is 19.7. The number of fused-ring (bicyclic) bond motifs is 2. The minimum atomic E-state index is -0.224. The standard InChI is InChI=1S/C23H26FNO3/c1-3-28-18-8-5-16(6-9-18)21(14-27-2)25-22(26)20-13-23(20)11-10-15-4-7-17(24)12-19(15)23/h4-9,12,20-21H,3,10-11,13-14H2,1-2H3,(H,25,26)/t20?,21-,23?/m0/s1. The van der Waals surface area contributed by atoms with Crippen LogP contribution in [0.4, 0.5) is 4.39 Å². The molecule has 0 aromatic heterocycles. The molecule has 0 aliphatic heterocycles. The van der Waals surface area contributed by atoms with Gasteiger partial charge in [0.15, 0.2) is 0 Å². The Bertz CT molecular complexity index is 867. The van der Waals surface area contributed by atoms with Crippen molar-refractivity contribution in [2.45, 2.75) is 37.6 Å². The van der Waals surface area contributed by atoms with Gasteiger partial charge in [0.05, 0.1) is 19.3 Å². The number of carbonyl (C=O) groups excluding carboxylic acids is 1. The van der Waals surface area contributed by atoms with E-state index in [1.807, 2.05) is 37.3 Å². The van der Waals surface area contributed by atoms with E-state index in [0.29, 0.717) is 13.2 Å². The van der Waals surface area contributed by atoms with Crippen molar-refractivity contribution in [1.82, 2.24) is 5.32 Å². The maximum Gasteiger partial charge on any atom is 0.224 e. The van der Waals surface area contributed by atoms with Gasteiger partial charge in [-0.3, -0.25) is 4.79 Å². The summed E-state index contributed by atoms with van der Waals surface area (Å²) in [6, 6.07) is 12.5. The van der Waals surface area contributed by atoms with Crippen molar-refractivity contribution < 1.29 is 18.7 Å². The molecule has 0 radical (unpaired) electrons. The number of nitrogens with one attached hydrogen (secondary N) is 1. The summed E-state index contributed by atoms with van der Waals surface area (Å²) in [4.78, 5) is 13.0. The number of hydrogen-bond acceptors (Lipinski definition) is 3. The van der Waals surface area contributed by atoms with Crippen molar-refractivity contribution in [3.63, 3.8) is 0 Å². The normalized spacial score (nSPS) is 23.3. The summed E-state index contributed by atoms with van der Waals surface area (Å²) in [6.07, 6.45) is 2.62. The molecule has 1 fully saturated rings. The van der Waals surface area contributed by atoms with Crippen LogP contribution in [0.15, 0.2) is 42.5 Å². The number of methoxy groups -OCH3 is 1. The van der Waals surface area contributed by atoms with E-state index < -0.39 is 0 Å². The molecule has 2 aromatic rings. The molecule has 2 aliphatic rings. The number of ether oxygens (including phenoxy) is 2. The van der Waals surface area contributed by atoms with Crippen LogP contribution in [0.25, 0.3) is 0 Å². The predicted octanol–water partition coefficient (Wildman–Crippen LogP) is 3.93. The summed E-state index contributed by atoms with van der Waals surface area (Å²) in [7, 11) is 1.63. The third-order valence-electron chi connectivity index (χ3n) is 6.08. The Labute approximate surface area is 165 Å². The van der Waals surface area contributed by atoms with E-state index in [1.54, 1.807) is 13.2 Å². The summed E-state index contributed by atoms with van der Waals surface area (Å²) in [6.45, 7) is 2.95. The highest BCUT2D eigenvalue weighted by Crippen LogP contribution is 2.61. The third-order valence-corrected chi connectivity index (χ3v) is 6.08. The molecule has 5 heteroatoms. The van der Waals surface area contributed by atoms with Crippen LogP contribution in [-0.4, -0.2) is 26.2 Å². The molecule has 1 N–H and O–H groups in total. The van der Waals surface area contributed by atoms with Crippen molar-refractivity contribution in [1.29, 1.82) is 0 Å². The van der Waals surface area contributed by atoms with Crippen LogP contribution in [0.2, 0.25) is 0 Å². The first-order valence-corrected chi connectivity index (χ1v) is 9.88. The molecule has 1 saturated carbocycles. The second kappa shape index (κ2) is 7.55. The van der Waals surface area contributed by atoms with Crippen LogP contribution in [-0.2, 0) is 21.4 Å². The summed E-state index contributed by atoms with van der Waals surface area (Å²) in [5.41, 5.74) is 3.00. The summed E-state index contributed by atoms with van der Waals surface area (Å²) >= 11 is 0. The van der Waals surface area contributed by atoms with Gasteiger partial charge in [-0.15, -0.1) is 0 Å². The van der Waals surface area contributed by atoms with Crippen LogP contribution in [0.3, 0.4) is 0 Å². The Morgan fingerprint density at radius 2 is 2.07 bits per heavy atom. The largest absolute Gasteiger partial charge is 0.494 e. The maximum atomic E-state index is 13.8. The topological polar surface area (TPSA) is 47.6 Å². The first kappa shape index (κ1) is 18.9. The number of rotatable bonds is 7. The van der Waals surface area contributed by atoms with Gasteiger partial charge in [0, 0.05) is 18.4 Å². The van der Waals surface area contributed by atoms with Gasteiger partial charge in [0.1, 0.15) is 11.6 Å². The smallest absolute Gasteiger partial charge is 0.224 e. The van der Waals surface area contributed by atoms with E-state index in [1.165, 1.54) is 11.6 Å². The fourth-order valence-electron chi connectivity index (χ4n) is 4.57. The van der Waals surface area contributed by atoms with Gasteiger partial charge in [-0.1, -0.05) is 18.2 Å². The lowest BCUT2D eigenvalue weighted by molar-refractivity contribution is -0.123. The molecule has 2 aliphatic carbocycles. The van der Waals surface area contributed by atoms with Gasteiger partial charge in [0.2, 0.25) is 5.91 Å². The molecule has 1 spiro atoms. The van der Waals surface area contributed by atoms with E-state index in [2.05, 4.69) is 5.32 Å². The average Bonchev–Trinajstić information content (AvgIpc) is 3.33. The van der Waals surface area contributed by atoms with Crippen LogP contribution in [0, 0.1) is 11.7 Å². The highest BCUT2D eigenvalue weighted by atomic mass is 19.1. The minimum Gasteiger partial charge on any atom is -0.494 e. The first-order chi connectivity index (χ1) is 13.6. The molecule has 3 atom stereocenters. The second-order valence-electron chi connectivity index (χ2n) is 7.73. The molecule has 28 heavy (non-hydrogen) atoms. The van der Waals surface area contributed by atoms with Crippen molar-refractivity contribution in [3.05, 3.63) is 65.0 Å². The number of aryl methyl sites for hydroxylation is 1. The van der Waals surface area contributed by atoms with Crippen molar-refractivity contribution in [2.75, 3.05) is 20.3 Å². The Morgan fingerprint density at radius 1 is 1.29 bits per heavy atom. The summed E-state index contributed by atoms with van der Waals surface area (Å²) in [5, 5.41) is 3.15. The zero-order valence-corrected chi connectivity index (χ0v) is 16.3. The molecule has 4 rings (SSSR count). The Balaban J connectivity index is 1.47. The van der Waals surface area contributed by atoms with E-state index in [9.17, 15) is 9.18 Å². The van der Waals surface area contributed by atoms with Crippen LogP contribution in [0.1, 0.15) is 42.5 Å². The molecule has 0 heterocycles. The van der Waals surface area contributed by atoms with Gasteiger partial charge < -0.3 is 14.8 Å². The lowest BCUT2D eigenvalue weighted by Crippen LogP contribution is -2.34. The van der Waals surface area contributed by atoms with Crippen LogP contribution < -0.4 is 10.1 Å². The SMILES string of the molecule is CCOc1ccc([C@H](COC)NC(=O)C2CC23CCc2ccc(F)cc23)cc1. The van der Waals surface area contributed by atoms with E-state index in [4.69, 9.17) is 9.47 Å². The molecule has 148 valence electrons. The van der Waals surface area contributed by atoms with E-state index in [0.717, 1.165) is 36.1 Å². The number of hydrogen-bond donors (Lipinski definition) is 1. The van der Waals surface area contributed by atoms with Gasteiger partial charge in [0.25, 0.3) is 0 Å².